The Kier molecular flexibility index (Phi) is 4.98. The highest BCUT2D eigenvalue weighted by atomic mass is 35.5. The van der Waals surface area contributed by atoms with Gasteiger partial charge in [-0.2, -0.15) is 13.2 Å². The third kappa shape index (κ3) is 3.63. The Labute approximate surface area is 172 Å². The van der Waals surface area contributed by atoms with E-state index >= 15 is 0 Å². The molecule has 154 valence electrons. The van der Waals surface area contributed by atoms with Gasteiger partial charge in [0.15, 0.2) is 11.6 Å². The third-order valence-corrected chi connectivity index (χ3v) is 4.56. The zero-order valence-corrected chi connectivity index (χ0v) is 16.0. The number of para-hydroxylation sites is 2. The van der Waals surface area contributed by atoms with Crippen LogP contribution in [0.1, 0.15) is 5.56 Å². The van der Waals surface area contributed by atoms with Gasteiger partial charge in [0.05, 0.1) is 23.2 Å². The lowest BCUT2D eigenvalue weighted by Crippen LogP contribution is -2.06. The number of ether oxygens (including phenoxy) is 2. The van der Waals surface area contributed by atoms with Crippen molar-refractivity contribution in [3.05, 3.63) is 71.0 Å². The van der Waals surface area contributed by atoms with E-state index in [-0.39, 0.29) is 5.75 Å². The largest absolute Gasteiger partial charge is 0.494 e. The van der Waals surface area contributed by atoms with Crippen LogP contribution >= 0.6 is 11.6 Å². The van der Waals surface area contributed by atoms with Crippen molar-refractivity contribution in [3.63, 3.8) is 0 Å². The molecule has 0 unspecified atom stereocenters. The van der Waals surface area contributed by atoms with Gasteiger partial charge in [-0.1, -0.05) is 28.9 Å². The number of hydrogen-bond donors (Lipinski definition) is 0. The van der Waals surface area contributed by atoms with Crippen molar-refractivity contribution < 1.29 is 27.0 Å². The number of nitrogens with zero attached hydrogens (tertiary/aromatic N) is 3. The molecule has 1 heterocycles. The predicted octanol–water partition coefficient (Wildman–Crippen LogP) is 6.03. The second-order valence-corrected chi connectivity index (χ2v) is 6.60. The molecule has 0 fully saturated rings. The molecule has 4 aromatic rings. The van der Waals surface area contributed by atoms with E-state index in [9.17, 15) is 17.6 Å². The summed E-state index contributed by atoms with van der Waals surface area (Å²) in [5.74, 6) is -1.06. The molecule has 0 spiro atoms. The fourth-order valence-corrected chi connectivity index (χ4v) is 3.13. The number of fused-ring (bicyclic) bond motifs is 1. The summed E-state index contributed by atoms with van der Waals surface area (Å²) >= 11 is 5.84. The van der Waals surface area contributed by atoms with Gasteiger partial charge in [0.25, 0.3) is 0 Å². The van der Waals surface area contributed by atoms with Crippen LogP contribution in [0.3, 0.4) is 0 Å². The number of methoxy groups -OCH3 is 1. The topological polar surface area (TPSA) is 49.2 Å². The second-order valence-electron chi connectivity index (χ2n) is 6.19. The molecule has 0 aliphatic rings. The van der Waals surface area contributed by atoms with Crippen LogP contribution in [-0.2, 0) is 6.18 Å². The molecule has 0 N–H and O–H groups in total. The first kappa shape index (κ1) is 20.0. The Balaban J connectivity index is 1.75. The van der Waals surface area contributed by atoms with Gasteiger partial charge in [-0.25, -0.2) is 9.07 Å². The van der Waals surface area contributed by atoms with Gasteiger partial charge in [-0.3, -0.25) is 0 Å². The summed E-state index contributed by atoms with van der Waals surface area (Å²) in [5, 5.41) is 7.67. The number of alkyl halides is 3. The van der Waals surface area contributed by atoms with E-state index in [1.807, 2.05) is 0 Å². The lowest BCUT2D eigenvalue weighted by atomic mass is 10.2. The Bertz CT molecular complexity index is 1220. The van der Waals surface area contributed by atoms with Crippen LogP contribution in [0, 0.1) is 5.82 Å². The van der Waals surface area contributed by atoms with Crippen molar-refractivity contribution in [3.8, 4) is 22.9 Å². The van der Waals surface area contributed by atoms with Gasteiger partial charge in [-0.05, 0) is 36.4 Å². The molecule has 1 aromatic heterocycles. The molecule has 0 aliphatic carbocycles. The Morgan fingerprint density at radius 2 is 1.80 bits per heavy atom. The summed E-state index contributed by atoms with van der Waals surface area (Å²) < 4.78 is 65.0. The lowest BCUT2D eigenvalue weighted by Gasteiger charge is -2.13. The van der Waals surface area contributed by atoms with Crippen LogP contribution in [0.2, 0.25) is 5.02 Å². The molecular formula is C20H12ClF4N3O2. The molecular weight excluding hydrogens is 426 g/mol. The first-order chi connectivity index (χ1) is 14.3. The van der Waals surface area contributed by atoms with Crippen molar-refractivity contribution in [1.29, 1.82) is 0 Å². The summed E-state index contributed by atoms with van der Waals surface area (Å²) in [6, 6.07) is 12.6. The fraction of sp³-hybridized carbons (Fsp3) is 0.100. The normalized spacial score (nSPS) is 11.7. The number of rotatable bonds is 4. The minimum Gasteiger partial charge on any atom is -0.494 e. The monoisotopic (exact) mass is 437 g/mol. The van der Waals surface area contributed by atoms with E-state index in [4.69, 9.17) is 21.1 Å². The SMILES string of the molecule is COc1ccccc1-n1nnc2ccc(Oc3c(F)cc(C(F)(F)F)cc3Cl)cc21. The maximum atomic E-state index is 14.3. The van der Waals surface area contributed by atoms with Crippen molar-refractivity contribution in [1.82, 2.24) is 15.0 Å². The van der Waals surface area contributed by atoms with E-state index < -0.39 is 28.3 Å². The van der Waals surface area contributed by atoms with E-state index in [2.05, 4.69) is 10.3 Å². The van der Waals surface area contributed by atoms with E-state index in [1.54, 1.807) is 30.3 Å². The van der Waals surface area contributed by atoms with Gasteiger partial charge in [-0.15, -0.1) is 5.10 Å². The summed E-state index contributed by atoms with van der Waals surface area (Å²) in [5.41, 5.74) is 0.442. The summed E-state index contributed by atoms with van der Waals surface area (Å²) in [4.78, 5) is 0. The van der Waals surface area contributed by atoms with Gasteiger partial charge in [0.1, 0.15) is 22.7 Å². The summed E-state index contributed by atoms with van der Waals surface area (Å²) in [6.07, 6.45) is -4.73. The molecule has 5 nitrogen and oxygen atoms in total. The molecule has 0 atom stereocenters. The average Bonchev–Trinajstić information content (AvgIpc) is 3.13. The number of benzene rings is 3. The van der Waals surface area contributed by atoms with E-state index in [1.165, 1.54) is 23.9 Å². The average molecular weight is 438 g/mol. The lowest BCUT2D eigenvalue weighted by molar-refractivity contribution is -0.137. The van der Waals surface area contributed by atoms with Crippen LogP contribution < -0.4 is 9.47 Å². The maximum Gasteiger partial charge on any atom is 0.416 e. The van der Waals surface area contributed by atoms with Gasteiger partial charge >= 0.3 is 6.18 Å². The molecule has 10 heteroatoms. The molecule has 30 heavy (non-hydrogen) atoms. The van der Waals surface area contributed by atoms with Gasteiger partial charge < -0.3 is 9.47 Å². The number of aromatic nitrogens is 3. The molecule has 4 rings (SSSR count). The van der Waals surface area contributed by atoms with Crippen LogP contribution in [0.15, 0.2) is 54.6 Å². The van der Waals surface area contributed by atoms with E-state index in [0.29, 0.717) is 34.6 Å². The zero-order chi connectivity index (χ0) is 21.5. The second kappa shape index (κ2) is 7.49. The predicted molar refractivity (Wildman–Crippen MR) is 102 cm³/mol. The summed E-state index contributed by atoms with van der Waals surface area (Å²) in [6.45, 7) is 0. The highest BCUT2D eigenvalue weighted by Crippen LogP contribution is 2.39. The van der Waals surface area contributed by atoms with Crippen molar-refractivity contribution >= 4 is 22.6 Å². The summed E-state index contributed by atoms with van der Waals surface area (Å²) in [7, 11) is 1.52. The standard InChI is InChI=1S/C20H12ClF4N3O2/c1-29-18-5-3-2-4-16(18)28-17-10-12(6-7-15(17)26-27-28)30-19-13(21)8-11(9-14(19)22)20(23,24)25/h2-10H,1H3. The number of hydrogen-bond acceptors (Lipinski definition) is 4. The molecule has 0 saturated carbocycles. The first-order valence-corrected chi connectivity index (χ1v) is 8.88. The minimum absolute atomic E-state index is 0.140. The third-order valence-electron chi connectivity index (χ3n) is 4.28. The Morgan fingerprint density at radius 1 is 1.03 bits per heavy atom. The van der Waals surface area contributed by atoms with Crippen molar-refractivity contribution in [2.45, 2.75) is 6.18 Å². The minimum atomic E-state index is -4.73. The quantitative estimate of drug-likeness (QED) is 0.366. The first-order valence-electron chi connectivity index (χ1n) is 8.51. The molecule has 0 aliphatic heterocycles. The zero-order valence-electron chi connectivity index (χ0n) is 15.2. The van der Waals surface area contributed by atoms with Crippen LogP contribution in [0.5, 0.6) is 17.2 Å². The van der Waals surface area contributed by atoms with Gasteiger partial charge in [0, 0.05) is 6.07 Å². The van der Waals surface area contributed by atoms with Crippen molar-refractivity contribution in [2.24, 2.45) is 0 Å². The highest BCUT2D eigenvalue weighted by molar-refractivity contribution is 6.32. The smallest absolute Gasteiger partial charge is 0.416 e. The highest BCUT2D eigenvalue weighted by Gasteiger charge is 2.32. The fourth-order valence-electron chi connectivity index (χ4n) is 2.88. The number of halogens is 5. The van der Waals surface area contributed by atoms with Gasteiger partial charge in [0.2, 0.25) is 0 Å². The molecule has 0 radical (unpaired) electrons. The van der Waals surface area contributed by atoms with Crippen LogP contribution in [0.4, 0.5) is 17.6 Å². The molecule has 0 saturated heterocycles. The van der Waals surface area contributed by atoms with Crippen LogP contribution in [-0.4, -0.2) is 22.1 Å². The Morgan fingerprint density at radius 3 is 2.50 bits per heavy atom. The maximum absolute atomic E-state index is 14.3. The van der Waals surface area contributed by atoms with Crippen molar-refractivity contribution in [2.75, 3.05) is 7.11 Å². The molecule has 0 bridgehead atoms. The van der Waals surface area contributed by atoms with E-state index in [0.717, 1.165) is 0 Å². The Hall–Kier alpha value is -3.33. The van der Waals surface area contributed by atoms with Crippen LogP contribution in [0.25, 0.3) is 16.7 Å². The molecule has 3 aromatic carbocycles. The molecule has 0 amide bonds.